The highest BCUT2D eigenvalue weighted by Gasteiger charge is 2.57. The molecule has 0 N–H and O–H groups in total. The fraction of sp³-hybridized carbons (Fsp3) is 0.737. The van der Waals surface area contributed by atoms with Crippen LogP contribution in [0.3, 0.4) is 0 Å². The van der Waals surface area contributed by atoms with E-state index in [4.69, 9.17) is 14.2 Å². The van der Waals surface area contributed by atoms with E-state index in [0.717, 1.165) is 0 Å². The number of alkyl halides is 9. The van der Waals surface area contributed by atoms with Crippen LogP contribution >= 0.6 is 0 Å². The minimum atomic E-state index is -6.85. The van der Waals surface area contributed by atoms with Gasteiger partial charge in [0, 0.05) is 13.0 Å². The minimum absolute atomic E-state index is 0.00247. The van der Waals surface area contributed by atoms with Crippen molar-refractivity contribution in [2.24, 2.45) is 5.92 Å². The molecule has 0 aromatic rings. The third kappa shape index (κ3) is 13.2. The molecule has 0 aromatic carbocycles. The van der Waals surface area contributed by atoms with E-state index in [1.807, 2.05) is 3.63 Å². The molecular weight excluding hydrogens is 735 g/mol. The lowest BCUT2D eigenvalue weighted by Crippen LogP contribution is -2.34. The molecule has 46 heavy (non-hydrogen) atoms. The molecule has 1 unspecified atom stereocenters. The fourth-order valence-electron chi connectivity index (χ4n) is 2.58. The summed E-state index contributed by atoms with van der Waals surface area (Å²) in [4.78, 5) is 33.6. The number of esters is 2. The van der Waals surface area contributed by atoms with E-state index >= 15 is 0 Å². The maximum absolute atomic E-state index is 12.2. The quantitative estimate of drug-likeness (QED) is 0.114. The largest absolute Gasteiger partial charge is 0.534 e. The van der Waals surface area contributed by atoms with Gasteiger partial charge in [-0.2, -0.15) is 64.8 Å². The van der Waals surface area contributed by atoms with E-state index in [-0.39, 0.29) is 37.6 Å². The molecule has 2 aliphatic rings. The Bertz CT molecular complexity index is 1390. The van der Waals surface area contributed by atoms with Crippen LogP contribution in [0.5, 0.6) is 0 Å². The van der Waals surface area contributed by atoms with Gasteiger partial charge in [0.15, 0.2) is 11.5 Å². The van der Waals surface area contributed by atoms with Crippen LogP contribution in [-0.4, -0.2) is 99.1 Å². The first kappa shape index (κ1) is 43.2. The molecular formula is C19H23F9O15S3. The summed E-state index contributed by atoms with van der Waals surface area (Å²) in [6.45, 7) is 3.59. The first-order chi connectivity index (χ1) is 20.6. The minimum Gasteiger partial charge on any atom is -0.465 e. The summed E-state index contributed by atoms with van der Waals surface area (Å²) in [5, 5.41) is 0. The molecule has 0 aliphatic carbocycles. The first-order valence-corrected chi connectivity index (χ1v) is 16.0. The van der Waals surface area contributed by atoms with Crippen molar-refractivity contribution in [2.75, 3.05) is 39.6 Å². The monoisotopic (exact) mass is 758 g/mol. The molecule has 2 heterocycles. The molecule has 0 saturated carbocycles. The van der Waals surface area contributed by atoms with Gasteiger partial charge in [0.05, 0.1) is 25.4 Å². The predicted molar refractivity (Wildman–Crippen MR) is 127 cm³/mol. The van der Waals surface area contributed by atoms with E-state index in [9.17, 15) is 79.2 Å². The van der Waals surface area contributed by atoms with Crippen molar-refractivity contribution in [3.05, 3.63) is 11.3 Å². The van der Waals surface area contributed by atoms with E-state index < -0.39 is 77.1 Å². The van der Waals surface area contributed by atoms with Crippen molar-refractivity contribution in [2.45, 2.75) is 43.2 Å². The molecule has 27 heteroatoms. The van der Waals surface area contributed by atoms with E-state index in [1.54, 1.807) is 6.92 Å². The summed E-state index contributed by atoms with van der Waals surface area (Å²) in [5.74, 6) is -2.77. The molecule has 0 radical (unpaired) electrons. The second-order valence-corrected chi connectivity index (χ2v) is 12.7. The zero-order chi connectivity index (χ0) is 36.4. The van der Waals surface area contributed by atoms with Crippen LogP contribution < -0.4 is 0 Å². The lowest BCUT2D eigenvalue weighted by atomic mass is 9.99. The number of ether oxygens (including phenoxy) is 4. The summed E-state index contributed by atoms with van der Waals surface area (Å²) in [6, 6.07) is 0. The van der Waals surface area contributed by atoms with Crippen LogP contribution in [0.15, 0.2) is 11.3 Å². The Balaban J connectivity index is 0.000000679. The lowest BCUT2D eigenvalue weighted by Gasteiger charge is -2.20. The number of rotatable bonds is 8. The van der Waals surface area contributed by atoms with Crippen LogP contribution in [0.25, 0.3) is 0 Å². The average Bonchev–Trinajstić information content (AvgIpc) is 2.87. The molecule has 0 bridgehead atoms. The van der Waals surface area contributed by atoms with Crippen molar-refractivity contribution in [3.8, 4) is 0 Å². The highest BCUT2D eigenvalue weighted by atomic mass is 32.3. The van der Waals surface area contributed by atoms with Crippen LogP contribution in [0, 0.1) is 5.92 Å². The molecule has 270 valence electrons. The van der Waals surface area contributed by atoms with Crippen LogP contribution in [0.2, 0.25) is 0 Å². The third-order valence-electron chi connectivity index (χ3n) is 4.58. The van der Waals surface area contributed by atoms with Crippen molar-refractivity contribution in [1.29, 1.82) is 0 Å². The van der Waals surface area contributed by atoms with Crippen molar-refractivity contribution < 1.29 is 106 Å². The number of halogens is 9. The molecule has 0 amide bonds. The topological polar surface area (TPSA) is 209 Å². The summed E-state index contributed by atoms with van der Waals surface area (Å²) >= 11 is 0. The molecule has 0 spiro atoms. The number of hydrogen-bond donors (Lipinski definition) is 0. The molecule has 1 fully saturated rings. The third-order valence-corrected chi connectivity index (χ3v) is 8.14. The van der Waals surface area contributed by atoms with Crippen molar-refractivity contribution in [1.82, 2.24) is 0 Å². The van der Waals surface area contributed by atoms with Gasteiger partial charge in [-0.15, -0.1) is 3.63 Å². The first-order valence-electron chi connectivity index (χ1n) is 11.7. The van der Waals surface area contributed by atoms with Gasteiger partial charge in [-0.25, -0.2) is 4.79 Å². The lowest BCUT2D eigenvalue weighted by molar-refractivity contribution is -0.156. The molecule has 0 aromatic heterocycles. The van der Waals surface area contributed by atoms with Gasteiger partial charge in [0.1, 0.15) is 19.1 Å². The average molecular weight is 759 g/mol. The van der Waals surface area contributed by atoms with Gasteiger partial charge >= 0.3 is 58.8 Å². The summed E-state index contributed by atoms with van der Waals surface area (Å²) in [6.07, 6.45) is 0.374. The normalized spacial score (nSPS) is 18.3. The Kier molecular flexibility index (Phi) is 15.9. The Morgan fingerprint density at radius 2 is 1.20 bits per heavy atom. The zero-order valence-corrected chi connectivity index (χ0v) is 25.4. The van der Waals surface area contributed by atoms with Crippen molar-refractivity contribution >= 4 is 48.1 Å². The Morgan fingerprint density at radius 1 is 0.739 bits per heavy atom. The van der Waals surface area contributed by atoms with Gasteiger partial charge in [0.2, 0.25) is 0 Å². The molecule has 2 aliphatic heterocycles. The second kappa shape index (κ2) is 16.9. The Labute approximate surface area is 254 Å². The van der Waals surface area contributed by atoms with Gasteiger partial charge in [-0.1, -0.05) is 0 Å². The van der Waals surface area contributed by atoms with E-state index in [0.29, 0.717) is 19.6 Å². The second-order valence-electron chi connectivity index (χ2n) is 7.89. The molecule has 1 saturated heterocycles. The van der Waals surface area contributed by atoms with Crippen LogP contribution in [0.4, 0.5) is 39.5 Å². The van der Waals surface area contributed by atoms with Gasteiger partial charge < -0.3 is 23.1 Å². The predicted octanol–water partition coefficient (Wildman–Crippen LogP) is 1.95. The SMILES string of the molecule is CCOC(=O)C1=C(OS(=O)(=O)C(F)(F)F)COCC1.CCOC(=O)C1CCOCC1=O.O=S(=O)(OS(=O)(=O)C(F)(F)F)C(F)(F)F. The fourth-order valence-corrected chi connectivity index (χ4v) is 4.65. The number of ketones is 1. The highest BCUT2D eigenvalue weighted by molar-refractivity contribution is 8.00. The summed E-state index contributed by atoms with van der Waals surface area (Å²) in [7, 11) is -19.5. The van der Waals surface area contributed by atoms with Crippen molar-refractivity contribution in [3.63, 3.8) is 0 Å². The van der Waals surface area contributed by atoms with Crippen LogP contribution in [-0.2, 0) is 71.5 Å². The molecule has 15 nitrogen and oxygen atoms in total. The smallest absolute Gasteiger partial charge is 0.465 e. The maximum atomic E-state index is 12.2. The van der Waals surface area contributed by atoms with E-state index in [2.05, 4.69) is 8.92 Å². The van der Waals surface area contributed by atoms with Gasteiger partial charge in [-0.05, 0) is 20.3 Å². The summed E-state index contributed by atoms with van der Waals surface area (Å²) < 4.78 is 191. The zero-order valence-electron chi connectivity index (χ0n) is 23.0. The van der Waals surface area contributed by atoms with Gasteiger partial charge in [-0.3, -0.25) is 9.59 Å². The number of hydrogen-bond acceptors (Lipinski definition) is 15. The van der Waals surface area contributed by atoms with Gasteiger partial charge in [0.25, 0.3) is 0 Å². The number of carbonyl (C=O) groups excluding carboxylic acids is 3. The Hall–Kier alpha value is -2.75. The highest BCUT2D eigenvalue weighted by Crippen LogP contribution is 2.32. The van der Waals surface area contributed by atoms with Crippen LogP contribution in [0.1, 0.15) is 26.7 Å². The molecule has 2 rings (SSSR count). The number of Topliss-reactive ketones (excluding diaryl/α,β-unsaturated/α-hetero) is 1. The Morgan fingerprint density at radius 3 is 1.61 bits per heavy atom. The summed E-state index contributed by atoms with van der Waals surface area (Å²) in [5.41, 5.74) is -18.4. The number of carbonyl (C=O) groups is 3. The maximum Gasteiger partial charge on any atom is 0.534 e. The standard InChI is InChI=1S/C9H11F3O6S.C8H12O4.C2F6O5S2/c1-2-17-8(13)6-3-4-16-5-7(6)18-19(14,15)9(10,11)12;1-2-12-8(10)6-3-4-11-5-7(6)9;3-1(4,5)14(9,10)13-15(11,12)2(6,7)8/h2-5H2,1H3;6H,2-5H2,1H3;. The molecule has 1 atom stereocenters. The van der Waals surface area contributed by atoms with E-state index in [1.165, 1.54) is 6.92 Å².